The van der Waals surface area contributed by atoms with Crippen LogP contribution in [0.2, 0.25) is 0 Å². The van der Waals surface area contributed by atoms with E-state index in [-0.39, 0.29) is 11.9 Å². The first kappa shape index (κ1) is 13.2. The van der Waals surface area contributed by atoms with Crippen molar-refractivity contribution in [3.63, 3.8) is 0 Å². The highest BCUT2D eigenvalue weighted by molar-refractivity contribution is 5.76. The van der Waals surface area contributed by atoms with Gasteiger partial charge in [0.15, 0.2) is 5.82 Å². The maximum Gasteiger partial charge on any atom is 0.221 e. The molecule has 6 nitrogen and oxygen atoms in total. The predicted octanol–water partition coefficient (Wildman–Crippen LogP) is 0.621. The Hall–Kier alpha value is -2.21. The zero-order chi connectivity index (χ0) is 13.7. The van der Waals surface area contributed by atoms with Crippen molar-refractivity contribution < 1.29 is 4.79 Å². The summed E-state index contributed by atoms with van der Waals surface area (Å²) in [6.45, 7) is 2.27. The lowest BCUT2D eigenvalue weighted by molar-refractivity contribution is -0.121. The molecule has 0 aromatic carbocycles. The van der Waals surface area contributed by atoms with Crippen molar-refractivity contribution in [3.8, 4) is 5.82 Å². The van der Waals surface area contributed by atoms with Crippen molar-refractivity contribution in [2.24, 2.45) is 5.73 Å². The first-order valence-corrected chi connectivity index (χ1v) is 6.12. The topological polar surface area (TPSA) is 85.8 Å². The van der Waals surface area contributed by atoms with Crippen LogP contribution in [0, 0.1) is 0 Å². The Morgan fingerprint density at radius 3 is 3.05 bits per heavy atom. The van der Waals surface area contributed by atoms with E-state index in [0.29, 0.717) is 13.0 Å². The second-order valence-corrected chi connectivity index (χ2v) is 4.43. The first-order chi connectivity index (χ1) is 9.15. The minimum atomic E-state index is -0.128. The summed E-state index contributed by atoms with van der Waals surface area (Å²) in [6, 6.07) is 5.45. The molecule has 2 aromatic rings. The molecule has 1 atom stereocenters. The molecule has 2 aromatic heterocycles. The maximum atomic E-state index is 11.5. The zero-order valence-electron chi connectivity index (χ0n) is 10.8. The molecule has 1 amide bonds. The Balaban J connectivity index is 1.98. The number of hydrogen-bond donors (Lipinski definition) is 2. The number of amides is 1. The molecule has 0 fully saturated rings. The fraction of sp³-hybridized carbons (Fsp3) is 0.308. The Labute approximate surface area is 111 Å². The van der Waals surface area contributed by atoms with Gasteiger partial charge in [-0.2, -0.15) is 5.10 Å². The van der Waals surface area contributed by atoms with Gasteiger partial charge < -0.3 is 11.1 Å². The molecule has 1 unspecified atom stereocenters. The third kappa shape index (κ3) is 3.89. The average Bonchev–Trinajstić information content (AvgIpc) is 2.90. The molecule has 3 N–H and O–H groups in total. The Kier molecular flexibility index (Phi) is 4.25. The molecule has 2 rings (SSSR count). The molecule has 0 bridgehead atoms. The van der Waals surface area contributed by atoms with Crippen LogP contribution in [-0.4, -0.2) is 26.7 Å². The van der Waals surface area contributed by atoms with Crippen molar-refractivity contribution in [2.45, 2.75) is 25.9 Å². The number of nitrogens with zero attached hydrogens (tertiary/aromatic N) is 3. The average molecular weight is 259 g/mol. The van der Waals surface area contributed by atoms with Crippen LogP contribution in [0.25, 0.3) is 5.82 Å². The van der Waals surface area contributed by atoms with E-state index in [2.05, 4.69) is 15.4 Å². The fourth-order valence-electron chi connectivity index (χ4n) is 1.67. The Bertz CT molecular complexity index is 536. The van der Waals surface area contributed by atoms with Crippen LogP contribution < -0.4 is 11.1 Å². The van der Waals surface area contributed by atoms with Crippen molar-refractivity contribution in [3.05, 3.63) is 42.4 Å². The monoisotopic (exact) mass is 259 g/mol. The lowest BCUT2D eigenvalue weighted by Crippen LogP contribution is -2.29. The number of pyridine rings is 1. The summed E-state index contributed by atoms with van der Waals surface area (Å²) in [5.41, 5.74) is 6.54. The van der Waals surface area contributed by atoms with Crippen LogP contribution in [0.3, 0.4) is 0 Å². The molecule has 2 heterocycles. The molecule has 0 aliphatic rings. The number of hydrogen-bond acceptors (Lipinski definition) is 4. The summed E-state index contributed by atoms with van der Waals surface area (Å²) in [7, 11) is 0. The highest BCUT2D eigenvalue weighted by atomic mass is 16.1. The third-order valence-corrected chi connectivity index (χ3v) is 2.55. The van der Waals surface area contributed by atoms with Crippen molar-refractivity contribution >= 4 is 5.91 Å². The molecule has 100 valence electrons. The van der Waals surface area contributed by atoms with E-state index in [1.54, 1.807) is 17.1 Å². The molecule has 0 saturated heterocycles. The van der Waals surface area contributed by atoms with E-state index in [9.17, 15) is 4.79 Å². The van der Waals surface area contributed by atoms with Crippen LogP contribution in [0.4, 0.5) is 0 Å². The molecule has 0 aliphatic heterocycles. The molecule has 0 aliphatic carbocycles. The number of aromatic nitrogens is 3. The van der Waals surface area contributed by atoms with E-state index in [1.807, 2.05) is 31.3 Å². The second-order valence-electron chi connectivity index (χ2n) is 4.43. The molecule has 19 heavy (non-hydrogen) atoms. The molecule has 6 heteroatoms. The van der Waals surface area contributed by atoms with E-state index < -0.39 is 0 Å². The molecular formula is C13H17N5O. The normalized spacial score (nSPS) is 12.1. The maximum absolute atomic E-state index is 11.5. The predicted molar refractivity (Wildman–Crippen MR) is 71.5 cm³/mol. The van der Waals surface area contributed by atoms with Crippen molar-refractivity contribution in [2.75, 3.05) is 0 Å². The first-order valence-electron chi connectivity index (χ1n) is 6.12. The van der Waals surface area contributed by atoms with Gasteiger partial charge in [-0.1, -0.05) is 0 Å². The Morgan fingerprint density at radius 1 is 1.53 bits per heavy atom. The lowest BCUT2D eigenvalue weighted by Gasteiger charge is -2.08. The zero-order valence-corrected chi connectivity index (χ0v) is 10.8. The van der Waals surface area contributed by atoms with Crippen molar-refractivity contribution in [1.29, 1.82) is 0 Å². The number of nitrogens with one attached hydrogen (secondary N) is 1. The quantitative estimate of drug-likeness (QED) is 0.824. The van der Waals surface area contributed by atoms with E-state index >= 15 is 0 Å². The summed E-state index contributed by atoms with van der Waals surface area (Å²) in [4.78, 5) is 15.7. The van der Waals surface area contributed by atoms with Crippen LogP contribution >= 0.6 is 0 Å². The number of carbonyl (C=O) groups excluding carboxylic acids is 1. The molecule has 0 spiro atoms. The number of carbonyl (C=O) groups is 1. The summed E-state index contributed by atoms with van der Waals surface area (Å²) in [6.07, 6.45) is 5.54. The van der Waals surface area contributed by atoms with Gasteiger partial charge in [-0.15, -0.1) is 0 Å². The van der Waals surface area contributed by atoms with Gasteiger partial charge in [0.05, 0.1) is 0 Å². The summed E-state index contributed by atoms with van der Waals surface area (Å²) < 4.78 is 1.67. The van der Waals surface area contributed by atoms with Gasteiger partial charge in [0.2, 0.25) is 5.91 Å². The molecule has 0 saturated carbocycles. The number of nitrogens with two attached hydrogens (primary N) is 1. The summed E-state index contributed by atoms with van der Waals surface area (Å²) in [5, 5.41) is 6.94. The Morgan fingerprint density at radius 2 is 2.37 bits per heavy atom. The van der Waals surface area contributed by atoms with Crippen LogP contribution in [0.1, 0.15) is 18.9 Å². The minimum Gasteiger partial charge on any atom is -0.352 e. The lowest BCUT2D eigenvalue weighted by atomic mass is 10.2. The van der Waals surface area contributed by atoms with E-state index in [0.717, 1.165) is 11.4 Å². The van der Waals surface area contributed by atoms with Crippen LogP contribution in [0.5, 0.6) is 0 Å². The van der Waals surface area contributed by atoms with E-state index in [4.69, 9.17) is 5.73 Å². The fourth-order valence-corrected chi connectivity index (χ4v) is 1.67. The third-order valence-electron chi connectivity index (χ3n) is 2.55. The van der Waals surface area contributed by atoms with Gasteiger partial charge in [-0.25, -0.2) is 9.67 Å². The van der Waals surface area contributed by atoms with Gasteiger partial charge in [0.1, 0.15) is 0 Å². The van der Waals surface area contributed by atoms with Gasteiger partial charge in [-0.05, 0) is 30.7 Å². The highest BCUT2D eigenvalue weighted by Crippen LogP contribution is 2.06. The van der Waals surface area contributed by atoms with Crippen molar-refractivity contribution in [1.82, 2.24) is 20.1 Å². The minimum absolute atomic E-state index is 0.0487. The van der Waals surface area contributed by atoms with Gasteiger partial charge in [0, 0.05) is 37.6 Å². The SMILES string of the molecule is CC(N)CC(=O)NCc1ccnc(-n2cccn2)c1. The largest absolute Gasteiger partial charge is 0.352 e. The smallest absolute Gasteiger partial charge is 0.221 e. The standard InChI is InChI=1S/C13H17N5O/c1-10(14)7-13(19)16-9-11-3-5-15-12(8-11)18-6-2-4-17-18/h2-6,8,10H,7,9,14H2,1H3,(H,16,19). The molecular weight excluding hydrogens is 242 g/mol. The van der Waals surface area contributed by atoms with E-state index in [1.165, 1.54) is 0 Å². The highest BCUT2D eigenvalue weighted by Gasteiger charge is 2.05. The van der Waals surface area contributed by atoms with Crippen LogP contribution in [0.15, 0.2) is 36.8 Å². The van der Waals surface area contributed by atoms with Gasteiger partial charge >= 0.3 is 0 Å². The molecule has 0 radical (unpaired) electrons. The number of rotatable bonds is 5. The van der Waals surface area contributed by atoms with Crippen LogP contribution in [-0.2, 0) is 11.3 Å². The second kappa shape index (κ2) is 6.10. The summed E-state index contributed by atoms with van der Waals surface area (Å²) in [5.74, 6) is 0.677. The summed E-state index contributed by atoms with van der Waals surface area (Å²) >= 11 is 0. The van der Waals surface area contributed by atoms with Gasteiger partial charge in [0.25, 0.3) is 0 Å². The van der Waals surface area contributed by atoms with Gasteiger partial charge in [-0.3, -0.25) is 4.79 Å².